The molecule has 1 aliphatic heterocycles. The molecular formula is C27H22N2O6S. The second kappa shape index (κ2) is 10.4. The van der Waals surface area contributed by atoms with Gasteiger partial charge in [-0.25, -0.2) is 4.79 Å². The highest BCUT2D eigenvalue weighted by molar-refractivity contribution is 7.80. The summed E-state index contributed by atoms with van der Waals surface area (Å²) in [6, 6.07) is 18.6. The maximum atomic E-state index is 13.2. The molecular weight excluding hydrogens is 480 g/mol. The van der Waals surface area contributed by atoms with Gasteiger partial charge in [0.25, 0.3) is 11.8 Å². The maximum absolute atomic E-state index is 13.2. The summed E-state index contributed by atoms with van der Waals surface area (Å²) in [6.45, 7) is 2.13. The van der Waals surface area contributed by atoms with E-state index in [0.717, 1.165) is 11.1 Å². The van der Waals surface area contributed by atoms with Crippen LogP contribution in [-0.2, 0) is 16.2 Å². The minimum atomic E-state index is -0.997. The molecule has 0 bridgehead atoms. The average Bonchev–Trinajstić information content (AvgIpc) is 2.86. The average molecular weight is 503 g/mol. The molecule has 1 saturated heterocycles. The number of hydrogen-bond acceptors (Lipinski definition) is 6. The zero-order chi connectivity index (χ0) is 25.8. The molecule has 3 aromatic rings. The van der Waals surface area contributed by atoms with Crippen LogP contribution in [0, 0.1) is 6.92 Å². The molecule has 182 valence electrons. The van der Waals surface area contributed by atoms with Gasteiger partial charge < -0.3 is 14.6 Å². The van der Waals surface area contributed by atoms with Crippen molar-refractivity contribution in [3.05, 3.63) is 94.6 Å². The van der Waals surface area contributed by atoms with Gasteiger partial charge in [0.2, 0.25) is 0 Å². The number of methoxy groups -OCH3 is 1. The lowest BCUT2D eigenvalue weighted by Gasteiger charge is -2.29. The predicted octanol–water partition coefficient (Wildman–Crippen LogP) is 4.11. The van der Waals surface area contributed by atoms with Gasteiger partial charge in [-0.15, -0.1) is 0 Å². The third-order valence-electron chi connectivity index (χ3n) is 5.49. The van der Waals surface area contributed by atoms with Crippen LogP contribution < -0.4 is 19.7 Å². The van der Waals surface area contributed by atoms with Crippen molar-refractivity contribution in [2.45, 2.75) is 13.5 Å². The van der Waals surface area contributed by atoms with Gasteiger partial charge in [-0.05, 0) is 72.7 Å². The molecule has 0 atom stereocenters. The fourth-order valence-corrected chi connectivity index (χ4v) is 3.83. The summed E-state index contributed by atoms with van der Waals surface area (Å²) in [5.41, 5.74) is 3.04. The van der Waals surface area contributed by atoms with Crippen molar-refractivity contribution in [1.29, 1.82) is 0 Å². The van der Waals surface area contributed by atoms with E-state index in [4.69, 9.17) is 26.8 Å². The van der Waals surface area contributed by atoms with E-state index in [9.17, 15) is 14.4 Å². The summed E-state index contributed by atoms with van der Waals surface area (Å²) in [7, 11) is 1.48. The number of carbonyl (C=O) groups is 3. The highest BCUT2D eigenvalue weighted by Crippen LogP contribution is 2.30. The molecule has 4 rings (SSSR count). The first-order chi connectivity index (χ1) is 17.3. The lowest BCUT2D eigenvalue weighted by Crippen LogP contribution is -2.54. The zero-order valence-electron chi connectivity index (χ0n) is 19.5. The largest absolute Gasteiger partial charge is 0.493 e. The van der Waals surface area contributed by atoms with Crippen molar-refractivity contribution in [1.82, 2.24) is 5.32 Å². The Morgan fingerprint density at radius 2 is 1.72 bits per heavy atom. The van der Waals surface area contributed by atoms with Crippen LogP contribution in [0.4, 0.5) is 5.69 Å². The Morgan fingerprint density at radius 1 is 1.03 bits per heavy atom. The third kappa shape index (κ3) is 5.26. The number of aromatic carboxylic acids is 1. The highest BCUT2D eigenvalue weighted by atomic mass is 32.1. The number of carboxylic acid groups (broad SMARTS) is 1. The van der Waals surface area contributed by atoms with Crippen LogP contribution in [0.5, 0.6) is 11.5 Å². The van der Waals surface area contributed by atoms with Gasteiger partial charge in [0.15, 0.2) is 16.6 Å². The molecule has 0 aromatic heterocycles. The van der Waals surface area contributed by atoms with E-state index in [1.54, 1.807) is 42.5 Å². The van der Waals surface area contributed by atoms with Crippen LogP contribution in [0.15, 0.2) is 72.3 Å². The molecule has 9 heteroatoms. The number of thiocarbonyl (C=S) groups is 1. The number of benzene rings is 3. The van der Waals surface area contributed by atoms with Gasteiger partial charge in [0.05, 0.1) is 18.4 Å². The Labute approximate surface area is 212 Å². The maximum Gasteiger partial charge on any atom is 0.335 e. The zero-order valence-corrected chi connectivity index (χ0v) is 20.3. The van der Waals surface area contributed by atoms with Gasteiger partial charge in [-0.1, -0.05) is 35.9 Å². The number of hydrogen-bond donors (Lipinski definition) is 2. The minimum absolute atomic E-state index is 0.0173. The summed E-state index contributed by atoms with van der Waals surface area (Å²) in [6.07, 6.45) is 1.47. The Kier molecular flexibility index (Phi) is 7.12. The molecule has 0 saturated carbocycles. The van der Waals surface area contributed by atoms with Crippen molar-refractivity contribution < 1.29 is 29.0 Å². The monoisotopic (exact) mass is 502 g/mol. The molecule has 1 heterocycles. The second-order valence-electron chi connectivity index (χ2n) is 7.99. The summed E-state index contributed by atoms with van der Waals surface area (Å²) < 4.78 is 11.3. The summed E-state index contributed by atoms with van der Waals surface area (Å²) in [4.78, 5) is 38.1. The smallest absolute Gasteiger partial charge is 0.335 e. The van der Waals surface area contributed by atoms with Gasteiger partial charge in [-0.2, -0.15) is 0 Å². The number of nitrogens with one attached hydrogen (secondary N) is 1. The van der Waals surface area contributed by atoms with Crippen LogP contribution in [0.25, 0.3) is 6.08 Å². The Hall–Kier alpha value is -4.50. The Bertz CT molecular complexity index is 1380. The first kappa shape index (κ1) is 24.6. The van der Waals surface area contributed by atoms with Gasteiger partial charge in [0, 0.05) is 0 Å². The van der Waals surface area contributed by atoms with Crippen molar-refractivity contribution >= 4 is 46.9 Å². The number of anilines is 1. The van der Waals surface area contributed by atoms with E-state index < -0.39 is 17.8 Å². The van der Waals surface area contributed by atoms with E-state index in [-0.39, 0.29) is 22.9 Å². The Morgan fingerprint density at radius 3 is 2.36 bits per heavy atom. The number of carbonyl (C=O) groups excluding carboxylic acids is 2. The van der Waals surface area contributed by atoms with Crippen LogP contribution >= 0.6 is 12.2 Å². The van der Waals surface area contributed by atoms with Gasteiger partial charge >= 0.3 is 5.97 Å². The first-order valence-electron chi connectivity index (χ1n) is 10.9. The lowest BCUT2D eigenvalue weighted by molar-refractivity contribution is -0.122. The number of aryl methyl sites for hydroxylation is 1. The number of carboxylic acids is 1. The van der Waals surface area contributed by atoms with Gasteiger partial charge in [0.1, 0.15) is 12.2 Å². The molecule has 2 amide bonds. The molecule has 0 radical (unpaired) electrons. The molecule has 3 aromatic carbocycles. The summed E-state index contributed by atoms with van der Waals surface area (Å²) >= 11 is 5.24. The van der Waals surface area contributed by atoms with E-state index >= 15 is 0 Å². The van der Waals surface area contributed by atoms with E-state index in [1.807, 2.05) is 19.1 Å². The van der Waals surface area contributed by atoms with Crippen molar-refractivity contribution in [2.75, 3.05) is 12.0 Å². The normalized spacial score (nSPS) is 14.6. The minimum Gasteiger partial charge on any atom is -0.493 e. The quantitative estimate of drug-likeness (QED) is 0.285. The van der Waals surface area contributed by atoms with E-state index in [2.05, 4.69) is 5.32 Å². The van der Waals surface area contributed by atoms with Crippen LogP contribution in [0.1, 0.15) is 27.0 Å². The molecule has 1 aliphatic rings. The first-order valence-corrected chi connectivity index (χ1v) is 11.3. The van der Waals surface area contributed by atoms with Crippen LogP contribution in [0.3, 0.4) is 0 Å². The standard InChI is InChI=1S/C27H22N2O6S/c1-16-3-10-20(11-4-16)29-25(31)21(24(30)28-27(29)36)13-18-7-12-22(23(14-18)34-2)35-15-17-5-8-19(9-6-17)26(32)33/h3-14H,15H2,1-2H3,(H,32,33)(H,28,30,36)/b21-13+. The van der Waals surface area contributed by atoms with E-state index in [1.165, 1.54) is 30.2 Å². The molecule has 36 heavy (non-hydrogen) atoms. The summed E-state index contributed by atoms with van der Waals surface area (Å²) in [5.74, 6) is -1.26. The number of nitrogens with zero attached hydrogens (tertiary/aromatic N) is 1. The predicted molar refractivity (Wildman–Crippen MR) is 138 cm³/mol. The SMILES string of the molecule is COc1cc(/C=C2\C(=O)NC(=S)N(c3ccc(C)cc3)C2=O)ccc1OCc1ccc(C(=O)O)cc1. The van der Waals surface area contributed by atoms with Crippen molar-refractivity contribution in [3.8, 4) is 11.5 Å². The van der Waals surface area contributed by atoms with Gasteiger partial charge in [-0.3, -0.25) is 19.8 Å². The summed E-state index contributed by atoms with van der Waals surface area (Å²) in [5, 5.41) is 11.6. The fraction of sp³-hybridized carbons (Fsp3) is 0.111. The topological polar surface area (TPSA) is 105 Å². The fourth-order valence-electron chi connectivity index (χ4n) is 3.55. The third-order valence-corrected chi connectivity index (χ3v) is 5.77. The van der Waals surface area contributed by atoms with E-state index in [0.29, 0.717) is 22.7 Å². The second-order valence-corrected chi connectivity index (χ2v) is 8.38. The van der Waals surface area contributed by atoms with Crippen molar-refractivity contribution in [2.24, 2.45) is 0 Å². The molecule has 2 N–H and O–H groups in total. The van der Waals surface area contributed by atoms with Crippen molar-refractivity contribution in [3.63, 3.8) is 0 Å². The molecule has 8 nitrogen and oxygen atoms in total. The number of amides is 2. The highest BCUT2D eigenvalue weighted by Gasteiger charge is 2.34. The molecule has 0 spiro atoms. The Balaban J connectivity index is 1.55. The number of ether oxygens (including phenoxy) is 2. The lowest BCUT2D eigenvalue weighted by atomic mass is 10.1. The van der Waals surface area contributed by atoms with Crippen LogP contribution in [-0.4, -0.2) is 35.1 Å². The molecule has 0 unspecified atom stereocenters. The van der Waals surface area contributed by atoms with Crippen LogP contribution in [0.2, 0.25) is 0 Å². The molecule has 1 fully saturated rings. The number of rotatable bonds is 7. The molecule has 0 aliphatic carbocycles.